The first-order chi connectivity index (χ1) is 8.23. The van der Waals surface area contributed by atoms with Crippen molar-refractivity contribution in [1.82, 2.24) is 14.8 Å². The highest BCUT2D eigenvalue weighted by Crippen LogP contribution is 2.21. The number of rotatable bonds is 8. The molecule has 1 heterocycles. The average Bonchev–Trinajstić information content (AvgIpc) is 2.87. The van der Waals surface area contributed by atoms with Crippen LogP contribution in [0.1, 0.15) is 58.8 Å². The SMILES string of the molecule is CCCCCCCCC(C)(C#N)n1cncn1. The van der Waals surface area contributed by atoms with E-state index in [1.807, 2.05) is 6.92 Å². The van der Waals surface area contributed by atoms with E-state index >= 15 is 0 Å². The zero-order valence-corrected chi connectivity index (χ0v) is 10.9. The average molecular weight is 234 g/mol. The van der Waals surface area contributed by atoms with Crippen molar-refractivity contribution in [3.8, 4) is 6.07 Å². The molecule has 17 heavy (non-hydrogen) atoms. The first kappa shape index (κ1) is 13.7. The van der Waals surface area contributed by atoms with Crippen LogP contribution in [0, 0.1) is 11.3 Å². The lowest BCUT2D eigenvalue weighted by molar-refractivity contribution is 0.337. The van der Waals surface area contributed by atoms with Gasteiger partial charge in [0.1, 0.15) is 18.2 Å². The molecule has 0 aliphatic rings. The molecule has 1 unspecified atom stereocenters. The lowest BCUT2D eigenvalue weighted by Gasteiger charge is -2.21. The van der Waals surface area contributed by atoms with Gasteiger partial charge in [-0.05, 0) is 19.8 Å². The number of hydrogen-bond acceptors (Lipinski definition) is 3. The Morgan fingerprint density at radius 3 is 2.53 bits per heavy atom. The van der Waals surface area contributed by atoms with Gasteiger partial charge in [0, 0.05) is 0 Å². The monoisotopic (exact) mass is 234 g/mol. The fraction of sp³-hybridized carbons (Fsp3) is 0.769. The van der Waals surface area contributed by atoms with Crippen molar-refractivity contribution in [3.63, 3.8) is 0 Å². The molecule has 1 atom stereocenters. The standard InChI is InChI=1S/C13H22N4/c1-3-4-5-6-7-8-9-13(2,10-14)17-12-15-11-16-17/h11-12H,3-9H2,1-2H3. The largest absolute Gasteiger partial charge is 0.233 e. The molecule has 0 amide bonds. The van der Waals surface area contributed by atoms with Crippen LogP contribution < -0.4 is 0 Å². The Labute approximate surface area is 104 Å². The molecule has 4 heteroatoms. The Kier molecular flexibility index (Phi) is 5.68. The summed E-state index contributed by atoms with van der Waals surface area (Å²) in [7, 11) is 0. The summed E-state index contributed by atoms with van der Waals surface area (Å²) < 4.78 is 1.67. The van der Waals surface area contributed by atoms with Crippen LogP contribution in [-0.4, -0.2) is 14.8 Å². The minimum absolute atomic E-state index is 0.540. The smallest absolute Gasteiger partial charge is 0.147 e. The zero-order chi connectivity index (χ0) is 12.6. The number of unbranched alkanes of at least 4 members (excludes halogenated alkanes) is 5. The van der Waals surface area contributed by atoms with Crippen LogP contribution in [0.5, 0.6) is 0 Å². The minimum Gasteiger partial charge on any atom is -0.233 e. The van der Waals surface area contributed by atoms with Crippen molar-refractivity contribution in [2.45, 2.75) is 64.3 Å². The van der Waals surface area contributed by atoms with Crippen molar-refractivity contribution in [1.29, 1.82) is 5.26 Å². The molecule has 94 valence electrons. The number of nitrogens with zero attached hydrogens (tertiary/aromatic N) is 4. The highest BCUT2D eigenvalue weighted by Gasteiger charge is 2.26. The maximum absolute atomic E-state index is 9.26. The Balaban J connectivity index is 2.31. The maximum atomic E-state index is 9.26. The summed E-state index contributed by atoms with van der Waals surface area (Å²) >= 11 is 0. The quantitative estimate of drug-likeness (QED) is 0.649. The van der Waals surface area contributed by atoms with Crippen molar-refractivity contribution in [2.24, 2.45) is 0 Å². The van der Waals surface area contributed by atoms with E-state index < -0.39 is 5.54 Å². The van der Waals surface area contributed by atoms with E-state index in [1.54, 1.807) is 11.0 Å². The summed E-state index contributed by atoms with van der Waals surface area (Å²) in [5.74, 6) is 0. The summed E-state index contributed by atoms with van der Waals surface area (Å²) in [5, 5.41) is 13.3. The van der Waals surface area contributed by atoms with Gasteiger partial charge in [-0.1, -0.05) is 39.0 Å². The predicted molar refractivity (Wildman–Crippen MR) is 67.3 cm³/mol. The zero-order valence-electron chi connectivity index (χ0n) is 10.9. The van der Waals surface area contributed by atoms with Gasteiger partial charge in [0.05, 0.1) is 6.07 Å². The van der Waals surface area contributed by atoms with Crippen LogP contribution in [0.4, 0.5) is 0 Å². The van der Waals surface area contributed by atoms with Gasteiger partial charge in [-0.25, -0.2) is 9.67 Å². The predicted octanol–water partition coefficient (Wildman–Crippen LogP) is 3.27. The Morgan fingerprint density at radius 1 is 1.24 bits per heavy atom. The second kappa shape index (κ2) is 7.05. The lowest BCUT2D eigenvalue weighted by Crippen LogP contribution is -2.28. The summed E-state index contributed by atoms with van der Waals surface area (Å²) in [4.78, 5) is 3.91. The minimum atomic E-state index is -0.540. The van der Waals surface area contributed by atoms with Gasteiger partial charge in [-0.15, -0.1) is 0 Å². The molecule has 0 aliphatic carbocycles. The summed E-state index contributed by atoms with van der Waals surface area (Å²) in [6.45, 7) is 4.14. The lowest BCUT2D eigenvalue weighted by atomic mass is 9.96. The molecule has 0 saturated carbocycles. The van der Waals surface area contributed by atoms with Crippen LogP contribution in [0.15, 0.2) is 12.7 Å². The van der Waals surface area contributed by atoms with Crippen LogP contribution in [0.3, 0.4) is 0 Å². The van der Waals surface area contributed by atoms with Crippen molar-refractivity contribution >= 4 is 0 Å². The molecular weight excluding hydrogens is 212 g/mol. The Bertz CT molecular complexity index is 339. The van der Waals surface area contributed by atoms with E-state index in [2.05, 4.69) is 23.1 Å². The first-order valence-electron chi connectivity index (χ1n) is 6.49. The van der Waals surface area contributed by atoms with E-state index in [0.29, 0.717) is 0 Å². The maximum Gasteiger partial charge on any atom is 0.147 e. The summed E-state index contributed by atoms with van der Waals surface area (Å²) in [6.07, 6.45) is 11.4. The van der Waals surface area contributed by atoms with E-state index in [-0.39, 0.29) is 0 Å². The van der Waals surface area contributed by atoms with Crippen molar-refractivity contribution in [3.05, 3.63) is 12.7 Å². The summed E-state index contributed by atoms with van der Waals surface area (Å²) in [6, 6.07) is 2.34. The molecule has 0 aromatic carbocycles. The molecule has 0 fully saturated rings. The molecule has 0 N–H and O–H groups in total. The van der Waals surface area contributed by atoms with Crippen molar-refractivity contribution < 1.29 is 0 Å². The number of hydrogen-bond donors (Lipinski definition) is 0. The first-order valence-corrected chi connectivity index (χ1v) is 6.49. The van der Waals surface area contributed by atoms with Crippen LogP contribution >= 0.6 is 0 Å². The molecule has 0 spiro atoms. The number of aromatic nitrogens is 3. The summed E-state index contributed by atoms with van der Waals surface area (Å²) in [5.41, 5.74) is -0.540. The second-order valence-corrected chi connectivity index (χ2v) is 4.74. The van der Waals surface area contributed by atoms with Crippen LogP contribution in [-0.2, 0) is 5.54 Å². The molecule has 0 saturated heterocycles. The topological polar surface area (TPSA) is 54.5 Å². The van der Waals surface area contributed by atoms with E-state index in [9.17, 15) is 5.26 Å². The Morgan fingerprint density at radius 2 is 1.94 bits per heavy atom. The van der Waals surface area contributed by atoms with Crippen molar-refractivity contribution in [2.75, 3.05) is 0 Å². The van der Waals surface area contributed by atoms with E-state index in [1.165, 1.54) is 38.4 Å². The Hall–Kier alpha value is -1.37. The fourth-order valence-corrected chi connectivity index (χ4v) is 1.93. The van der Waals surface area contributed by atoms with Gasteiger partial charge in [0.25, 0.3) is 0 Å². The molecule has 4 nitrogen and oxygen atoms in total. The van der Waals surface area contributed by atoms with Gasteiger partial charge in [-0.2, -0.15) is 10.4 Å². The second-order valence-electron chi connectivity index (χ2n) is 4.74. The molecule has 0 aliphatic heterocycles. The fourth-order valence-electron chi connectivity index (χ4n) is 1.93. The van der Waals surface area contributed by atoms with Gasteiger partial charge in [0.2, 0.25) is 0 Å². The molecule has 1 rings (SSSR count). The van der Waals surface area contributed by atoms with Crippen LogP contribution in [0.2, 0.25) is 0 Å². The number of nitriles is 1. The highest BCUT2D eigenvalue weighted by molar-refractivity contribution is 5.00. The molecule has 1 aromatic heterocycles. The molecule has 1 aromatic rings. The van der Waals surface area contributed by atoms with Crippen LogP contribution in [0.25, 0.3) is 0 Å². The van der Waals surface area contributed by atoms with Gasteiger partial charge in [-0.3, -0.25) is 0 Å². The third-order valence-corrected chi connectivity index (χ3v) is 3.18. The molecular formula is C13H22N4. The third kappa shape index (κ3) is 4.18. The molecule has 0 bridgehead atoms. The molecule has 0 radical (unpaired) electrons. The van der Waals surface area contributed by atoms with Gasteiger partial charge in [0.15, 0.2) is 0 Å². The third-order valence-electron chi connectivity index (χ3n) is 3.18. The van der Waals surface area contributed by atoms with E-state index in [4.69, 9.17) is 0 Å². The van der Waals surface area contributed by atoms with E-state index in [0.717, 1.165) is 12.8 Å². The normalized spacial score (nSPS) is 14.2. The van der Waals surface area contributed by atoms with Gasteiger partial charge >= 0.3 is 0 Å². The highest BCUT2D eigenvalue weighted by atomic mass is 15.3. The van der Waals surface area contributed by atoms with Gasteiger partial charge < -0.3 is 0 Å².